The Balaban J connectivity index is 1.58. The molecule has 20 heavy (non-hydrogen) atoms. The highest BCUT2D eigenvalue weighted by atomic mass is 16.3. The van der Waals surface area contributed by atoms with Crippen molar-refractivity contribution < 1.29 is 9.90 Å². The van der Waals surface area contributed by atoms with Crippen molar-refractivity contribution in [3.63, 3.8) is 0 Å². The number of aliphatic hydroxyl groups excluding tert-OH is 1. The first kappa shape index (κ1) is 13.6. The van der Waals surface area contributed by atoms with Gasteiger partial charge in [0.15, 0.2) is 0 Å². The molecule has 0 bridgehead atoms. The molecule has 1 saturated heterocycles. The van der Waals surface area contributed by atoms with E-state index in [9.17, 15) is 9.90 Å². The van der Waals surface area contributed by atoms with Gasteiger partial charge < -0.3 is 10.0 Å². The molecular formula is C16H22N2O2. The zero-order valence-electron chi connectivity index (χ0n) is 11.8. The summed E-state index contributed by atoms with van der Waals surface area (Å²) in [5.74, 6) is 0.207. The molecule has 1 amide bonds. The molecule has 1 fully saturated rings. The molecule has 108 valence electrons. The van der Waals surface area contributed by atoms with Gasteiger partial charge in [-0.1, -0.05) is 18.2 Å². The van der Waals surface area contributed by atoms with Gasteiger partial charge in [-0.15, -0.1) is 0 Å². The number of para-hydroxylation sites is 1. The zero-order chi connectivity index (χ0) is 13.9. The van der Waals surface area contributed by atoms with Crippen LogP contribution in [0, 0.1) is 0 Å². The average molecular weight is 274 g/mol. The Kier molecular flexibility index (Phi) is 4.03. The van der Waals surface area contributed by atoms with Crippen LogP contribution in [-0.2, 0) is 11.2 Å². The van der Waals surface area contributed by atoms with Crippen molar-refractivity contribution in [3.8, 4) is 0 Å². The van der Waals surface area contributed by atoms with Crippen LogP contribution in [0.5, 0.6) is 0 Å². The van der Waals surface area contributed by atoms with Crippen molar-refractivity contribution in [1.29, 1.82) is 0 Å². The molecule has 0 aromatic heterocycles. The minimum Gasteiger partial charge on any atom is -0.395 e. The van der Waals surface area contributed by atoms with Crippen LogP contribution in [0.25, 0.3) is 0 Å². The Labute approximate surface area is 120 Å². The first-order valence-corrected chi connectivity index (χ1v) is 7.53. The van der Waals surface area contributed by atoms with Gasteiger partial charge in [0.25, 0.3) is 0 Å². The summed E-state index contributed by atoms with van der Waals surface area (Å²) in [5.41, 5.74) is 2.35. The van der Waals surface area contributed by atoms with Crippen molar-refractivity contribution in [1.82, 2.24) is 4.90 Å². The number of likely N-dealkylation sites (tertiary alicyclic amines) is 1. The Morgan fingerprint density at radius 1 is 1.30 bits per heavy atom. The quantitative estimate of drug-likeness (QED) is 0.903. The summed E-state index contributed by atoms with van der Waals surface area (Å²) in [4.78, 5) is 16.6. The number of aliphatic hydroxyl groups is 1. The van der Waals surface area contributed by atoms with Gasteiger partial charge in [0.2, 0.25) is 5.91 Å². The molecule has 2 aliphatic rings. The maximum atomic E-state index is 12.4. The van der Waals surface area contributed by atoms with E-state index in [-0.39, 0.29) is 18.6 Å². The van der Waals surface area contributed by atoms with Crippen LogP contribution in [0.4, 0.5) is 5.69 Å². The van der Waals surface area contributed by atoms with Crippen LogP contribution in [-0.4, -0.2) is 48.2 Å². The summed E-state index contributed by atoms with van der Waals surface area (Å²) >= 11 is 0. The number of benzene rings is 1. The van der Waals surface area contributed by atoms with Crippen molar-refractivity contribution in [3.05, 3.63) is 29.8 Å². The Bertz CT molecular complexity index is 489. The van der Waals surface area contributed by atoms with Gasteiger partial charge in [-0.3, -0.25) is 9.69 Å². The predicted molar refractivity (Wildman–Crippen MR) is 78.8 cm³/mol. The topological polar surface area (TPSA) is 43.8 Å². The number of hydrogen-bond acceptors (Lipinski definition) is 3. The second kappa shape index (κ2) is 5.94. The summed E-state index contributed by atoms with van der Waals surface area (Å²) in [5, 5.41) is 9.31. The molecule has 4 nitrogen and oxygen atoms in total. The monoisotopic (exact) mass is 274 g/mol. The first-order chi connectivity index (χ1) is 9.79. The third-order valence-corrected chi connectivity index (χ3v) is 4.51. The Hall–Kier alpha value is -1.39. The number of nitrogens with zero attached hydrogens (tertiary/aromatic N) is 2. The van der Waals surface area contributed by atoms with Crippen LogP contribution in [0.15, 0.2) is 24.3 Å². The Morgan fingerprint density at radius 3 is 3.00 bits per heavy atom. The summed E-state index contributed by atoms with van der Waals surface area (Å²) in [6.07, 6.45) is 3.69. The molecule has 1 aromatic rings. The molecule has 1 unspecified atom stereocenters. The molecule has 1 atom stereocenters. The summed E-state index contributed by atoms with van der Waals surface area (Å²) in [6.45, 7) is 2.79. The molecule has 3 rings (SSSR count). The molecular weight excluding hydrogens is 252 g/mol. The Morgan fingerprint density at radius 2 is 2.15 bits per heavy atom. The minimum atomic E-state index is 0.207. The number of carbonyl (C=O) groups is 1. The molecule has 0 aliphatic carbocycles. The summed E-state index contributed by atoms with van der Waals surface area (Å²) in [6, 6.07) is 8.42. The number of rotatable bonds is 4. The van der Waals surface area contributed by atoms with Crippen LogP contribution >= 0.6 is 0 Å². The van der Waals surface area contributed by atoms with Crippen molar-refractivity contribution in [2.75, 3.05) is 31.1 Å². The van der Waals surface area contributed by atoms with Crippen molar-refractivity contribution in [2.45, 2.75) is 31.7 Å². The van der Waals surface area contributed by atoms with Crippen LogP contribution in [0.2, 0.25) is 0 Å². The molecule has 0 radical (unpaired) electrons. The minimum absolute atomic E-state index is 0.207. The van der Waals surface area contributed by atoms with Gasteiger partial charge in [-0.2, -0.15) is 0 Å². The molecule has 1 N–H and O–H groups in total. The zero-order valence-corrected chi connectivity index (χ0v) is 11.8. The van der Waals surface area contributed by atoms with Crippen LogP contribution in [0.3, 0.4) is 0 Å². The largest absolute Gasteiger partial charge is 0.395 e. The summed E-state index contributed by atoms with van der Waals surface area (Å²) < 4.78 is 0. The maximum Gasteiger partial charge on any atom is 0.228 e. The normalized spacial score (nSPS) is 22.2. The van der Waals surface area contributed by atoms with E-state index in [1.807, 2.05) is 23.1 Å². The van der Waals surface area contributed by atoms with E-state index in [1.54, 1.807) is 0 Å². The number of anilines is 1. The standard InChI is InChI=1S/C16H22N2O2/c19-12-14-5-3-9-17(14)10-8-16(20)18-11-7-13-4-1-2-6-15(13)18/h1-2,4,6,14,19H,3,5,7-12H2. The highest BCUT2D eigenvalue weighted by molar-refractivity contribution is 5.95. The van der Waals surface area contributed by atoms with Crippen LogP contribution < -0.4 is 4.90 Å². The van der Waals surface area contributed by atoms with E-state index in [0.29, 0.717) is 6.42 Å². The first-order valence-electron chi connectivity index (χ1n) is 7.53. The third kappa shape index (κ3) is 2.58. The van der Waals surface area contributed by atoms with E-state index < -0.39 is 0 Å². The molecule has 1 aromatic carbocycles. The van der Waals surface area contributed by atoms with E-state index >= 15 is 0 Å². The fourth-order valence-electron chi connectivity index (χ4n) is 3.37. The van der Waals surface area contributed by atoms with Gasteiger partial charge in [0.1, 0.15) is 0 Å². The third-order valence-electron chi connectivity index (χ3n) is 4.51. The molecule has 0 spiro atoms. The molecule has 2 heterocycles. The van der Waals surface area contributed by atoms with Crippen molar-refractivity contribution in [2.24, 2.45) is 0 Å². The summed E-state index contributed by atoms with van der Waals surface area (Å²) in [7, 11) is 0. The van der Waals surface area contributed by atoms with Gasteiger partial charge >= 0.3 is 0 Å². The molecule has 0 saturated carbocycles. The number of hydrogen-bond donors (Lipinski definition) is 1. The molecule has 4 heteroatoms. The van der Waals surface area contributed by atoms with Gasteiger partial charge in [0.05, 0.1) is 6.61 Å². The predicted octanol–water partition coefficient (Wildman–Crippen LogP) is 1.42. The number of carbonyl (C=O) groups excluding carboxylic acids is 1. The van der Waals surface area contributed by atoms with E-state index in [1.165, 1.54) is 5.56 Å². The molecule has 2 aliphatic heterocycles. The lowest BCUT2D eigenvalue weighted by Crippen LogP contribution is -2.37. The van der Waals surface area contributed by atoms with Crippen LogP contribution in [0.1, 0.15) is 24.8 Å². The second-order valence-electron chi connectivity index (χ2n) is 5.69. The van der Waals surface area contributed by atoms with Crippen molar-refractivity contribution >= 4 is 11.6 Å². The smallest absolute Gasteiger partial charge is 0.228 e. The fraction of sp³-hybridized carbons (Fsp3) is 0.562. The highest BCUT2D eigenvalue weighted by Crippen LogP contribution is 2.28. The number of fused-ring (bicyclic) bond motifs is 1. The second-order valence-corrected chi connectivity index (χ2v) is 5.69. The van der Waals surface area contributed by atoms with Gasteiger partial charge in [-0.25, -0.2) is 0 Å². The SMILES string of the molecule is O=C(CCN1CCCC1CO)N1CCc2ccccc21. The van der Waals surface area contributed by atoms with E-state index in [4.69, 9.17) is 0 Å². The lowest BCUT2D eigenvalue weighted by molar-refractivity contribution is -0.118. The maximum absolute atomic E-state index is 12.4. The van der Waals surface area contributed by atoms with Gasteiger partial charge in [-0.05, 0) is 37.4 Å². The lowest BCUT2D eigenvalue weighted by Gasteiger charge is -2.24. The number of amides is 1. The lowest BCUT2D eigenvalue weighted by atomic mass is 10.2. The fourth-order valence-corrected chi connectivity index (χ4v) is 3.37. The van der Waals surface area contributed by atoms with Gasteiger partial charge in [0, 0.05) is 31.2 Å². The average Bonchev–Trinajstić information content (AvgIpc) is 3.11. The van der Waals surface area contributed by atoms with E-state index in [0.717, 1.165) is 44.6 Å². The highest BCUT2D eigenvalue weighted by Gasteiger charge is 2.27. The van der Waals surface area contributed by atoms with E-state index in [2.05, 4.69) is 11.0 Å².